The number of rotatable bonds is 4. The van der Waals surface area contributed by atoms with Gasteiger partial charge in [-0.3, -0.25) is 20.9 Å². The lowest BCUT2D eigenvalue weighted by molar-refractivity contribution is 0.0608. The molecule has 2 rings (SSSR count). The van der Waals surface area contributed by atoms with Gasteiger partial charge in [-0.15, -0.1) is 0 Å². The van der Waals surface area contributed by atoms with E-state index >= 15 is 0 Å². The molecule has 1 saturated heterocycles. The summed E-state index contributed by atoms with van der Waals surface area (Å²) in [5, 5.41) is 4.25. The quantitative estimate of drug-likeness (QED) is 0.623. The van der Waals surface area contributed by atoms with Gasteiger partial charge >= 0.3 is 0 Å². The lowest BCUT2D eigenvalue weighted by Crippen LogP contribution is -2.55. The van der Waals surface area contributed by atoms with Crippen LogP contribution < -0.4 is 11.3 Å². The lowest BCUT2D eigenvalue weighted by atomic mass is 9.87. The summed E-state index contributed by atoms with van der Waals surface area (Å²) in [5.74, 6) is 5.79. The predicted molar refractivity (Wildman–Crippen MR) is 72.8 cm³/mol. The van der Waals surface area contributed by atoms with Crippen LogP contribution in [0.2, 0.25) is 0 Å². The van der Waals surface area contributed by atoms with E-state index in [2.05, 4.69) is 29.3 Å². The molecule has 102 valence electrons. The minimum atomic E-state index is -0.00178. The van der Waals surface area contributed by atoms with Crippen molar-refractivity contribution >= 4 is 0 Å². The number of nitrogens with two attached hydrogens (primary N) is 1. The zero-order valence-electron chi connectivity index (χ0n) is 11.7. The molecule has 1 fully saturated rings. The van der Waals surface area contributed by atoms with Gasteiger partial charge in [0.15, 0.2) is 0 Å². The zero-order valence-corrected chi connectivity index (χ0v) is 11.7. The van der Waals surface area contributed by atoms with Gasteiger partial charge in [-0.2, -0.15) is 5.10 Å². The van der Waals surface area contributed by atoms with Crippen LogP contribution in [0.15, 0.2) is 12.4 Å². The average molecular weight is 251 g/mol. The smallest absolute Gasteiger partial charge is 0.0669 e. The highest BCUT2D eigenvalue weighted by Gasteiger charge is 2.36. The molecule has 0 saturated carbocycles. The monoisotopic (exact) mass is 251 g/mol. The Bertz CT molecular complexity index is 378. The molecule has 5 heteroatoms. The fraction of sp³-hybridized carbons (Fsp3) is 0.769. The molecule has 0 aromatic carbocycles. The van der Waals surface area contributed by atoms with Gasteiger partial charge in [-0.1, -0.05) is 6.42 Å². The summed E-state index contributed by atoms with van der Waals surface area (Å²) >= 11 is 0. The third-order valence-corrected chi connectivity index (χ3v) is 4.10. The molecule has 0 amide bonds. The molecule has 3 N–H and O–H groups in total. The molecule has 0 bridgehead atoms. The van der Waals surface area contributed by atoms with Gasteiger partial charge in [0.25, 0.3) is 0 Å². The first-order valence-corrected chi connectivity index (χ1v) is 6.75. The number of likely N-dealkylation sites (tertiary alicyclic amines) is 1. The van der Waals surface area contributed by atoms with Crippen molar-refractivity contribution in [2.24, 2.45) is 12.9 Å². The van der Waals surface area contributed by atoms with Gasteiger partial charge in [0, 0.05) is 24.3 Å². The molecule has 1 unspecified atom stereocenters. The highest BCUT2D eigenvalue weighted by atomic mass is 15.3. The number of hydrogen-bond acceptors (Lipinski definition) is 4. The molecule has 1 aromatic rings. The Morgan fingerprint density at radius 2 is 2.00 bits per heavy atom. The summed E-state index contributed by atoms with van der Waals surface area (Å²) in [4.78, 5) is 2.54. The van der Waals surface area contributed by atoms with Crippen molar-refractivity contribution in [3.8, 4) is 0 Å². The summed E-state index contributed by atoms with van der Waals surface area (Å²) in [6.45, 7) is 6.84. The van der Waals surface area contributed by atoms with Gasteiger partial charge < -0.3 is 0 Å². The molecular formula is C13H25N5. The fourth-order valence-electron chi connectivity index (χ4n) is 2.95. The second kappa shape index (κ2) is 5.38. The first-order valence-electron chi connectivity index (χ1n) is 6.75. The van der Waals surface area contributed by atoms with E-state index in [0.29, 0.717) is 0 Å². The maximum atomic E-state index is 5.79. The first kappa shape index (κ1) is 13.5. The lowest BCUT2D eigenvalue weighted by Gasteiger charge is -2.45. The van der Waals surface area contributed by atoms with Crippen LogP contribution >= 0.6 is 0 Å². The highest BCUT2D eigenvalue weighted by Crippen LogP contribution is 2.32. The van der Waals surface area contributed by atoms with Crippen molar-refractivity contribution < 1.29 is 0 Å². The van der Waals surface area contributed by atoms with Crippen molar-refractivity contribution in [1.29, 1.82) is 0 Å². The number of piperidine rings is 1. The van der Waals surface area contributed by atoms with Crippen LogP contribution in [-0.2, 0) is 7.05 Å². The summed E-state index contributed by atoms with van der Waals surface area (Å²) in [7, 11) is 1.94. The van der Waals surface area contributed by atoms with Crippen LogP contribution in [0.3, 0.4) is 0 Å². The molecule has 18 heavy (non-hydrogen) atoms. The molecule has 0 spiro atoms. The number of hydrogen-bond donors (Lipinski definition) is 2. The number of aryl methyl sites for hydroxylation is 1. The molecule has 5 nitrogen and oxygen atoms in total. The Labute approximate surface area is 109 Å². The molecule has 1 aliphatic rings. The SMILES string of the molecule is Cn1cc(C(NN)C(C)(C)N2CCCCC2)cn1. The Morgan fingerprint density at radius 3 is 2.50 bits per heavy atom. The van der Waals surface area contributed by atoms with Crippen molar-refractivity contribution in [1.82, 2.24) is 20.1 Å². The topological polar surface area (TPSA) is 59.1 Å². The van der Waals surface area contributed by atoms with E-state index in [1.54, 1.807) is 0 Å². The maximum Gasteiger partial charge on any atom is 0.0669 e. The average Bonchev–Trinajstić information content (AvgIpc) is 2.77. The molecular weight excluding hydrogens is 226 g/mol. The third kappa shape index (κ3) is 2.58. The van der Waals surface area contributed by atoms with Gasteiger partial charge in [0.05, 0.1) is 12.2 Å². The third-order valence-electron chi connectivity index (χ3n) is 4.10. The Balaban J connectivity index is 2.19. The Morgan fingerprint density at radius 1 is 1.33 bits per heavy atom. The van der Waals surface area contributed by atoms with Crippen molar-refractivity contribution in [2.75, 3.05) is 13.1 Å². The highest BCUT2D eigenvalue weighted by molar-refractivity contribution is 5.16. The Kier molecular flexibility index (Phi) is 4.04. The van der Waals surface area contributed by atoms with Crippen molar-refractivity contribution in [3.63, 3.8) is 0 Å². The van der Waals surface area contributed by atoms with Crippen LogP contribution in [0.1, 0.15) is 44.7 Å². The summed E-state index contributed by atoms with van der Waals surface area (Å²) < 4.78 is 1.83. The van der Waals surface area contributed by atoms with E-state index < -0.39 is 0 Å². The van der Waals surface area contributed by atoms with Crippen molar-refractivity contribution in [2.45, 2.75) is 44.7 Å². The number of nitrogens with zero attached hydrogens (tertiary/aromatic N) is 3. The van der Waals surface area contributed by atoms with Crippen LogP contribution in [0.25, 0.3) is 0 Å². The summed E-state index contributed by atoms with van der Waals surface area (Å²) in [6, 6.07) is 0.101. The van der Waals surface area contributed by atoms with E-state index in [0.717, 1.165) is 18.7 Å². The number of hydrazine groups is 1. The zero-order chi connectivity index (χ0) is 13.2. The van der Waals surface area contributed by atoms with Crippen LogP contribution in [0.5, 0.6) is 0 Å². The molecule has 1 aliphatic heterocycles. The van der Waals surface area contributed by atoms with Gasteiger partial charge in [0.1, 0.15) is 0 Å². The molecule has 1 aromatic heterocycles. The van der Waals surface area contributed by atoms with Crippen LogP contribution in [-0.4, -0.2) is 33.3 Å². The first-order chi connectivity index (χ1) is 8.55. The maximum absolute atomic E-state index is 5.79. The van der Waals surface area contributed by atoms with Crippen LogP contribution in [0, 0.1) is 0 Å². The normalized spacial score (nSPS) is 20.0. The second-order valence-corrected chi connectivity index (χ2v) is 5.75. The minimum absolute atomic E-state index is 0.00178. The molecule has 0 aliphatic carbocycles. The van der Waals surface area contributed by atoms with E-state index in [4.69, 9.17) is 5.84 Å². The van der Waals surface area contributed by atoms with E-state index in [1.165, 1.54) is 19.3 Å². The largest absolute Gasteiger partial charge is 0.296 e. The minimum Gasteiger partial charge on any atom is -0.296 e. The van der Waals surface area contributed by atoms with Crippen molar-refractivity contribution in [3.05, 3.63) is 18.0 Å². The Hall–Kier alpha value is -0.910. The van der Waals surface area contributed by atoms with E-state index in [1.807, 2.05) is 24.1 Å². The van der Waals surface area contributed by atoms with Gasteiger partial charge in [-0.05, 0) is 39.8 Å². The molecule has 1 atom stereocenters. The standard InChI is InChI=1S/C13H25N5/c1-13(2,18-7-5-4-6-8-18)12(16-14)11-9-15-17(3)10-11/h9-10,12,16H,4-8,14H2,1-3H3. The van der Waals surface area contributed by atoms with E-state index in [-0.39, 0.29) is 11.6 Å². The summed E-state index contributed by atoms with van der Waals surface area (Å²) in [6.07, 6.45) is 7.86. The summed E-state index contributed by atoms with van der Waals surface area (Å²) in [5.41, 5.74) is 4.12. The molecule has 0 radical (unpaired) electrons. The van der Waals surface area contributed by atoms with Gasteiger partial charge in [0.2, 0.25) is 0 Å². The fourth-order valence-corrected chi connectivity index (χ4v) is 2.95. The van der Waals surface area contributed by atoms with Crippen LogP contribution in [0.4, 0.5) is 0 Å². The second-order valence-electron chi connectivity index (χ2n) is 5.75. The molecule has 2 heterocycles. The van der Waals surface area contributed by atoms with E-state index in [9.17, 15) is 0 Å². The predicted octanol–water partition coefficient (Wildman–Crippen LogP) is 1.19. The number of aromatic nitrogens is 2. The van der Waals surface area contributed by atoms with Gasteiger partial charge in [-0.25, -0.2) is 0 Å². The number of nitrogens with one attached hydrogen (secondary N) is 1.